The van der Waals surface area contributed by atoms with Crippen molar-refractivity contribution in [2.45, 2.75) is 11.8 Å². The van der Waals surface area contributed by atoms with E-state index in [1.807, 2.05) is 41.8 Å². The molecule has 28 heavy (non-hydrogen) atoms. The van der Waals surface area contributed by atoms with Crippen molar-refractivity contribution in [1.82, 2.24) is 9.38 Å². The molecule has 0 radical (unpaired) electrons. The second kappa shape index (κ2) is 7.01. The highest BCUT2D eigenvalue weighted by molar-refractivity contribution is 7.92. The number of anilines is 1. The van der Waals surface area contributed by atoms with Crippen molar-refractivity contribution in [3.05, 3.63) is 78.6 Å². The fourth-order valence-corrected chi connectivity index (χ4v) is 4.05. The minimum atomic E-state index is -3.70. The van der Waals surface area contributed by atoms with Gasteiger partial charge in [-0.15, -0.1) is 0 Å². The van der Waals surface area contributed by atoms with Crippen LogP contribution in [0.2, 0.25) is 0 Å². The highest BCUT2D eigenvalue weighted by atomic mass is 32.2. The number of aryl methyl sites for hydroxylation is 1. The number of sulfonamides is 1. The Hall–Kier alpha value is -3.32. The number of hydrogen-bond donors (Lipinski definition) is 1. The fraction of sp³-hybridized carbons (Fsp3) is 0.0952. The lowest BCUT2D eigenvalue weighted by Gasteiger charge is -2.09. The Balaban J connectivity index is 1.65. The topological polar surface area (TPSA) is 72.7 Å². The van der Waals surface area contributed by atoms with Crippen LogP contribution >= 0.6 is 0 Å². The number of ether oxygens (including phenoxy) is 1. The summed E-state index contributed by atoms with van der Waals surface area (Å²) in [5.74, 6) is 0.600. The molecule has 1 N–H and O–H groups in total. The van der Waals surface area contributed by atoms with Gasteiger partial charge in [0.2, 0.25) is 0 Å². The first-order valence-electron chi connectivity index (χ1n) is 8.68. The summed E-state index contributed by atoms with van der Waals surface area (Å²) in [5, 5.41) is 0. The number of fused-ring (bicyclic) bond motifs is 1. The van der Waals surface area contributed by atoms with Crippen molar-refractivity contribution in [2.75, 3.05) is 11.8 Å². The Labute approximate surface area is 163 Å². The molecule has 0 aliphatic rings. The largest absolute Gasteiger partial charge is 0.497 e. The van der Waals surface area contributed by atoms with Crippen LogP contribution in [-0.4, -0.2) is 24.9 Å². The van der Waals surface area contributed by atoms with Crippen molar-refractivity contribution >= 4 is 21.4 Å². The number of benzene rings is 2. The van der Waals surface area contributed by atoms with E-state index in [2.05, 4.69) is 9.71 Å². The summed E-state index contributed by atoms with van der Waals surface area (Å²) in [5.41, 5.74) is 4.01. The Bertz CT molecular complexity index is 1250. The molecule has 0 amide bonds. The molecule has 0 saturated heterocycles. The summed E-state index contributed by atoms with van der Waals surface area (Å²) in [6.07, 6.45) is 1.95. The number of nitrogens with one attached hydrogen (secondary N) is 1. The lowest BCUT2D eigenvalue weighted by molar-refractivity contribution is 0.414. The predicted octanol–water partition coefficient (Wildman–Crippen LogP) is 4.12. The van der Waals surface area contributed by atoms with Gasteiger partial charge in [0.05, 0.1) is 17.7 Å². The van der Waals surface area contributed by atoms with Gasteiger partial charge in [0, 0.05) is 23.1 Å². The smallest absolute Gasteiger partial charge is 0.261 e. The predicted molar refractivity (Wildman–Crippen MR) is 109 cm³/mol. The van der Waals surface area contributed by atoms with Crippen molar-refractivity contribution in [3.8, 4) is 17.0 Å². The minimum Gasteiger partial charge on any atom is -0.497 e. The van der Waals surface area contributed by atoms with Crippen LogP contribution in [0.25, 0.3) is 16.9 Å². The van der Waals surface area contributed by atoms with Gasteiger partial charge in [0.15, 0.2) is 0 Å². The third-order valence-electron chi connectivity index (χ3n) is 4.48. The summed E-state index contributed by atoms with van der Waals surface area (Å²) < 4.78 is 35.0. The van der Waals surface area contributed by atoms with Gasteiger partial charge in [0.1, 0.15) is 11.4 Å². The molecule has 0 bridgehead atoms. The minimum absolute atomic E-state index is 0.169. The Morgan fingerprint density at radius 2 is 1.75 bits per heavy atom. The molecule has 0 atom stereocenters. The molecule has 142 valence electrons. The number of rotatable bonds is 5. The number of hydrogen-bond acceptors (Lipinski definition) is 4. The molecule has 6 nitrogen and oxygen atoms in total. The van der Waals surface area contributed by atoms with Gasteiger partial charge < -0.3 is 9.14 Å². The number of pyridine rings is 1. The van der Waals surface area contributed by atoms with Crippen molar-refractivity contribution in [3.63, 3.8) is 0 Å². The van der Waals surface area contributed by atoms with Crippen LogP contribution < -0.4 is 9.46 Å². The Morgan fingerprint density at radius 3 is 2.46 bits per heavy atom. The van der Waals surface area contributed by atoms with Crippen LogP contribution in [0, 0.1) is 6.92 Å². The number of aromatic nitrogens is 2. The van der Waals surface area contributed by atoms with Crippen LogP contribution in [-0.2, 0) is 10.0 Å². The van der Waals surface area contributed by atoms with Crippen molar-refractivity contribution < 1.29 is 13.2 Å². The first kappa shape index (κ1) is 18.1. The van der Waals surface area contributed by atoms with Gasteiger partial charge >= 0.3 is 0 Å². The maximum atomic E-state index is 12.7. The number of imidazole rings is 1. The lowest BCUT2D eigenvalue weighted by Crippen LogP contribution is -2.12. The normalized spacial score (nSPS) is 11.5. The van der Waals surface area contributed by atoms with Gasteiger partial charge in [-0.25, -0.2) is 13.4 Å². The van der Waals surface area contributed by atoms with Gasteiger partial charge in [-0.1, -0.05) is 18.2 Å². The second-order valence-electron chi connectivity index (χ2n) is 6.38. The molecule has 0 aliphatic carbocycles. The van der Waals surface area contributed by atoms with E-state index in [0.717, 1.165) is 22.6 Å². The first-order chi connectivity index (χ1) is 13.5. The van der Waals surface area contributed by atoms with E-state index < -0.39 is 10.0 Å². The van der Waals surface area contributed by atoms with E-state index in [0.29, 0.717) is 11.4 Å². The zero-order chi connectivity index (χ0) is 19.7. The van der Waals surface area contributed by atoms with Crippen molar-refractivity contribution in [1.29, 1.82) is 0 Å². The zero-order valence-electron chi connectivity index (χ0n) is 15.5. The Morgan fingerprint density at radius 1 is 1.00 bits per heavy atom. The molecule has 2 aromatic carbocycles. The average Bonchev–Trinajstić information content (AvgIpc) is 3.14. The van der Waals surface area contributed by atoms with Gasteiger partial charge in [-0.3, -0.25) is 4.72 Å². The quantitative estimate of drug-likeness (QED) is 0.554. The standard InChI is InChI=1S/C21H19N3O3S/c1-15-5-3-8-21-22-20(14-24(15)21)16-6-4-7-17(13-16)23-28(25,26)19-11-9-18(27-2)10-12-19/h3-14,23H,1-2H3. The van der Waals surface area contributed by atoms with Crippen LogP contribution in [0.3, 0.4) is 0 Å². The van der Waals surface area contributed by atoms with Crippen LogP contribution in [0.1, 0.15) is 5.69 Å². The zero-order valence-corrected chi connectivity index (χ0v) is 16.3. The molecule has 2 heterocycles. The molecule has 0 saturated carbocycles. The maximum Gasteiger partial charge on any atom is 0.261 e. The Kier molecular flexibility index (Phi) is 4.52. The average molecular weight is 393 g/mol. The summed E-state index contributed by atoms with van der Waals surface area (Å²) in [6.45, 7) is 2.01. The molecule has 4 aromatic rings. The fourth-order valence-electron chi connectivity index (χ4n) is 3.00. The van der Waals surface area contributed by atoms with Crippen LogP contribution in [0.4, 0.5) is 5.69 Å². The lowest BCUT2D eigenvalue weighted by atomic mass is 10.1. The summed E-state index contributed by atoms with van der Waals surface area (Å²) >= 11 is 0. The first-order valence-corrected chi connectivity index (χ1v) is 10.2. The molecule has 7 heteroatoms. The maximum absolute atomic E-state index is 12.7. The second-order valence-corrected chi connectivity index (χ2v) is 8.07. The van der Waals surface area contributed by atoms with Gasteiger partial charge in [0.25, 0.3) is 10.0 Å². The monoisotopic (exact) mass is 393 g/mol. The molecular formula is C21H19N3O3S. The molecule has 0 fully saturated rings. The van der Waals surface area contributed by atoms with E-state index in [4.69, 9.17) is 4.74 Å². The highest BCUT2D eigenvalue weighted by Gasteiger charge is 2.15. The van der Waals surface area contributed by atoms with Crippen LogP contribution in [0.5, 0.6) is 5.75 Å². The highest BCUT2D eigenvalue weighted by Crippen LogP contribution is 2.25. The SMILES string of the molecule is COc1ccc(S(=O)(=O)Nc2cccc(-c3cn4c(C)cccc4n3)c2)cc1. The van der Waals surface area contributed by atoms with Gasteiger partial charge in [-0.2, -0.15) is 0 Å². The molecule has 0 spiro atoms. The summed E-state index contributed by atoms with van der Waals surface area (Å²) in [7, 11) is -2.16. The van der Waals surface area contributed by atoms with E-state index in [1.165, 1.54) is 19.2 Å². The third kappa shape index (κ3) is 3.44. The van der Waals surface area contributed by atoms with E-state index in [9.17, 15) is 8.42 Å². The molecule has 4 rings (SSSR count). The molecular weight excluding hydrogens is 374 g/mol. The van der Waals surface area contributed by atoms with E-state index in [-0.39, 0.29) is 4.90 Å². The molecule has 0 aliphatic heterocycles. The van der Waals surface area contributed by atoms with E-state index in [1.54, 1.807) is 30.3 Å². The van der Waals surface area contributed by atoms with Crippen molar-refractivity contribution in [2.24, 2.45) is 0 Å². The number of nitrogens with zero attached hydrogens (tertiary/aromatic N) is 2. The summed E-state index contributed by atoms with van der Waals surface area (Å²) in [4.78, 5) is 4.80. The number of methoxy groups -OCH3 is 1. The molecule has 2 aromatic heterocycles. The summed E-state index contributed by atoms with van der Waals surface area (Å²) in [6, 6.07) is 19.4. The molecule has 0 unspecified atom stereocenters. The van der Waals surface area contributed by atoms with Gasteiger partial charge in [-0.05, 0) is 55.5 Å². The third-order valence-corrected chi connectivity index (χ3v) is 5.87. The van der Waals surface area contributed by atoms with Crippen LogP contribution in [0.15, 0.2) is 77.8 Å². The van der Waals surface area contributed by atoms with E-state index >= 15 is 0 Å².